The van der Waals surface area contributed by atoms with Gasteiger partial charge in [-0.25, -0.2) is 9.50 Å². The number of aryl methyl sites for hydroxylation is 1. The maximum absolute atomic E-state index is 14.4. The van der Waals surface area contributed by atoms with Gasteiger partial charge in [-0.15, -0.1) is 0 Å². The smallest absolute Gasteiger partial charge is 0.259 e. The number of carbonyl (C=O) groups excluding carboxylic acids is 2. The van der Waals surface area contributed by atoms with Gasteiger partial charge in [-0.3, -0.25) is 24.2 Å². The molecule has 0 spiro atoms. The van der Waals surface area contributed by atoms with Gasteiger partial charge in [0.25, 0.3) is 5.91 Å². The molecule has 2 N–H and O–H groups in total. The Morgan fingerprint density at radius 2 is 1.86 bits per heavy atom. The molecule has 0 saturated carbocycles. The van der Waals surface area contributed by atoms with Crippen molar-refractivity contribution in [2.75, 3.05) is 23.7 Å². The van der Waals surface area contributed by atoms with E-state index in [0.29, 0.717) is 36.0 Å². The molecule has 1 aliphatic rings. The molecule has 5 heterocycles. The Labute approximate surface area is 200 Å². The molecule has 1 fully saturated rings. The molecule has 0 radical (unpaired) electrons. The average Bonchev–Trinajstić information content (AvgIpc) is 3.40. The van der Waals surface area contributed by atoms with Gasteiger partial charge in [-0.1, -0.05) is 0 Å². The van der Waals surface area contributed by atoms with E-state index < -0.39 is 11.9 Å². The number of amides is 2. The predicted molar refractivity (Wildman–Crippen MR) is 126 cm³/mol. The van der Waals surface area contributed by atoms with Crippen LogP contribution in [0.3, 0.4) is 0 Å². The van der Waals surface area contributed by atoms with Crippen LogP contribution in [0.25, 0.3) is 16.8 Å². The third-order valence-electron chi connectivity index (χ3n) is 6.02. The zero-order chi connectivity index (χ0) is 24.7. The Balaban J connectivity index is 1.30. The number of hydrogen-bond donors (Lipinski definition) is 2. The van der Waals surface area contributed by atoms with Crippen LogP contribution >= 0.6 is 0 Å². The van der Waals surface area contributed by atoms with E-state index in [9.17, 15) is 14.0 Å². The summed E-state index contributed by atoms with van der Waals surface area (Å²) in [5.74, 6) is -1.74. The summed E-state index contributed by atoms with van der Waals surface area (Å²) in [6.45, 7) is 5.50. The van der Waals surface area contributed by atoms with Gasteiger partial charge in [0.2, 0.25) is 11.9 Å². The topological polar surface area (TPSA) is 122 Å². The van der Waals surface area contributed by atoms with Gasteiger partial charge < -0.3 is 10.6 Å². The lowest BCUT2D eigenvalue weighted by atomic mass is 9.97. The largest absolute Gasteiger partial charge is 0.324 e. The van der Waals surface area contributed by atoms with Crippen LogP contribution < -0.4 is 10.6 Å². The van der Waals surface area contributed by atoms with E-state index in [1.54, 1.807) is 24.1 Å². The molecule has 0 bridgehead atoms. The van der Waals surface area contributed by atoms with Gasteiger partial charge in [0.1, 0.15) is 0 Å². The number of carbonyl (C=O) groups is 2. The number of pyridine rings is 1. The van der Waals surface area contributed by atoms with Crippen LogP contribution in [0.2, 0.25) is 0 Å². The van der Waals surface area contributed by atoms with Crippen LogP contribution in [0.5, 0.6) is 0 Å². The molecular weight excluding hydrogens is 453 g/mol. The molecule has 4 aromatic rings. The molecule has 4 aromatic heterocycles. The highest BCUT2D eigenvalue weighted by Crippen LogP contribution is 2.23. The Morgan fingerprint density at radius 3 is 2.57 bits per heavy atom. The summed E-state index contributed by atoms with van der Waals surface area (Å²) in [6, 6.07) is 1.73. The van der Waals surface area contributed by atoms with Crippen molar-refractivity contribution in [2.24, 2.45) is 13.0 Å². The summed E-state index contributed by atoms with van der Waals surface area (Å²) in [7, 11) is 1.81. The van der Waals surface area contributed by atoms with Crippen molar-refractivity contribution in [3.63, 3.8) is 0 Å². The Morgan fingerprint density at radius 1 is 1.06 bits per heavy atom. The van der Waals surface area contributed by atoms with Crippen LogP contribution in [0.4, 0.5) is 15.8 Å². The number of likely N-dealkylation sites (tertiary alicyclic amines) is 1. The summed E-state index contributed by atoms with van der Waals surface area (Å²) in [5.41, 5.74) is 2.27. The quantitative estimate of drug-likeness (QED) is 0.408. The lowest BCUT2D eigenvalue weighted by molar-refractivity contribution is -0.125. The van der Waals surface area contributed by atoms with Crippen molar-refractivity contribution in [2.45, 2.75) is 19.9 Å². The van der Waals surface area contributed by atoms with Crippen molar-refractivity contribution in [3.8, 4) is 11.3 Å². The summed E-state index contributed by atoms with van der Waals surface area (Å²) in [6.07, 6.45) is 9.31. The van der Waals surface area contributed by atoms with Crippen LogP contribution in [0.15, 0.2) is 43.2 Å². The Bertz CT molecular complexity index is 1420. The summed E-state index contributed by atoms with van der Waals surface area (Å²) >= 11 is 0. The van der Waals surface area contributed by atoms with Crippen LogP contribution in [-0.2, 0) is 11.8 Å². The number of hydrogen-bond acceptors (Lipinski definition) is 7. The molecule has 5 rings (SSSR count). The number of rotatable bonds is 6. The fourth-order valence-electron chi connectivity index (χ4n) is 3.90. The van der Waals surface area contributed by atoms with Gasteiger partial charge in [0.05, 0.1) is 65.1 Å². The molecule has 12 heteroatoms. The standard InChI is InChI=1S/C23H24FN9O2/c1-13(2)32-10-15(11-32)22(34)29-16-4-18(21(24)26-6-16)30-23(35)17-7-28-33-12-19(25-8-20(17)33)14-5-27-31(3)9-14/h4-9,12-13,15H,10-11H2,1-3H3,(H,29,34)(H,30,35). The minimum absolute atomic E-state index is 0.136. The number of nitrogens with one attached hydrogen (secondary N) is 2. The first-order chi connectivity index (χ1) is 16.8. The lowest BCUT2D eigenvalue weighted by Gasteiger charge is -2.41. The average molecular weight is 478 g/mol. The highest BCUT2D eigenvalue weighted by Gasteiger charge is 2.34. The fraction of sp³-hybridized carbons (Fsp3) is 0.304. The van der Waals surface area contributed by atoms with Gasteiger partial charge in [0.15, 0.2) is 0 Å². The summed E-state index contributed by atoms with van der Waals surface area (Å²) in [4.78, 5) is 35.6. The molecule has 0 unspecified atom stereocenters. The van der Waals surface area contributed by atoms with Crippen molar-refractivity contribution in [1.29, 1.82) is 0 Å². The molecule has 0 aromatic carbocycles. The molecule has 0 atom stereocenters. The van der Waals surface area contributed by atoms with E-state index >= 15 is 0 Å². The second-order valence-electron chi connectivity index (χ2n) is 8.81. The predicted octanol–water partition coefficient (Wildman–Crippen LogP) is 2.19. The third-order valence-corrected chi connectivity index (χ3v) is 6.02. The molecule has 2 amide bonds. The van der Waals surface area contributed by atoms with Crippen molar-refractivity contribution in [3.05, 3.63) is 54.8 Å². The maximum atomic E-state index is 14.4. The normalized spacial score (nSPS) is 14.3. The van der Waals surface area contributed by atoms with Gasteiger partial charge >= 0.3 is 0 Å². The minimum Gasteiger partial charge on any atom is -0.324 e. The number of aromatic nitrogens is 6. The highest BCUT2D eigenvalue weighted by atomic mass is 19.1. The lowest BCUT2D eigenvalue weighted by Crippen LogP contribution is -2.54. The number of halogens is 1. The summed E-state index contributed by atoms with van der Waals surface area (Å²) < 4.78 is 17.5. The second kappa shape index (κ2) is 8.87. The van der Waals surface area contributed by atoms with E-state index in [4.69, 9.17) is 0 Å². The first kappa shape index (κ1) is 22.6. The van der Waals surface area contributed by atoms with E-state index in [0.717, 1.165) is 5.56 Å². The molecule has 11 nitrogen and oxygen atoms in total. The van der Waals surface area contributed by atoms with Gasteiger partial charge in [-0.05, 0) is 19.9 Å². The van der Waals surface area contributed by atoms with E-state index in [-0.39, 0.29) is 23.1 Å². The molecule has 35 heavy (non-hydrogen) atoms. The minimum atomic E-state index is -0.862. The molecule has 1 aliphatic heterocycles. The van der Waals surface area contributed by atoms with Gasteiger partial charge in [-0.2, -0.15) is 14.6 Å². The number of fused-ring (bicyclic) bond motifs is 1. The van der Waals surface area contributed by atoms with Crippen LogP contribution in [0.1, 0.15) is 24.2 Å². The Kier molecular flexibility index (Phi) is 5.73. The maximum Gasteiger partial charge on any atom is 0.259 e. The second-order valence-corrected chi connectivity index (χ2v) is 8.81. The highest BCUT2D eigenvalue weighted by molar-refractivity contribution is 6.09. The third kappa shape index (κ3) is 4.47. The zero-order valence-electron chi connectivity index (χ0n) is 19.4. The molecular formula is C23H24FN9O2. The Hall–Kier alpha value is -4.19. The first-order valence-corrected chi connectivity index (χ1v) is 11.1. The molecule has 0 aliphatic carbocycles. The van der Waals surface area contributed by atoms with E-state index in [1.807, 2.05) is 6.20 Å². The van der Waals surface area contributed by atoms with Crippen molar-refractivity contribution < 1.29 is 14.0 Å². The van der Waals surface area contributed by atoms with Crippen LogP contribution in [0, 0.1) is 11.9 Å². The van der Waals surface area contributed by atoms with E-state index in [1.165, 1.54) is 29.2 Å². The van der Waals surface area contributed by atoms with Gasteiger partial charge in [0, 0.05) is 37.9 Å². The molecule has 1 saturated heterocycles. The van der Waals surface area contributed by atoms with E-state index in [2.05, 4.69) is 49.5 Å². The van der Waals surface area contributed by atoms with Crippen LogP contribution in [-0.4, -0.2) is 65.2 Å². The van der Waals surface area contributed by atoms with Crippen molar-refractivity contribution in [1.82, 2.24) is 34.3 Å². The number of nitrogens with zero attached hydrogens (tertiary/aromatic N) is 7. The first-order valence-electron chi connectivity index (χ1n) is 11.1. The fourth-order valence-corrected chi connectivity index (χ4v) is 3.90. The zero-order valence-corrected chi connectivity index (χ0v) is 19.4. The SMILES string of the molecule is CC(C)N1CC(C(=O)Nc2cnc(F)c(NC(=O)c3cnn4cc(-c5cnn(C)c5)ncc34)c2)C1. The summed E-state index contributed by atoms with van der Waals surface area (Å²) in [5, 5.41) is 13.6. The molecule has 180 valence electrons. The monoisotopic (exact) mass is 477 g/mol. The number of anilines is 2. The van der Waals surface area contributed by atoms with Crippen molar-refractivity contribution >= 4 is 28.7 Å².